The third-order valence-electron chi connectivity index (χ3n) is 2.17. The van der Waals surface area contributed by atoms with Crippen molar-refractivity contribution in [2.75, 3.05) is 32.9 Å². The fourth-order valence-electron chi connectivity index (χ4n) is 1.26. The smallest absolute Gasteiger partial charge is 0.0933 e. The first-order valence-corrected chi connectivity index (χ1v) is 5.20. The van der Waals surface area contributed by atoms with E-state index in [4.69, 9.17) is 9.47 Å². The van der Waals surface area contributed by atoms with Gasteiger partial charge in [-0.15, -0.1) is 0 Å². The van der Waals surface area contributed by atoms with Gasteiger partial charge < -0.3 is 19.9 Å². The molecule has 0 spiro atoms. The molecule has 1 fully saturated rings. The quantitative estimate of drug-likeness (QED) is 0.625. The molecule has 1 heterocycles. The van der Waals surface area contributed by atoms with Gasteiger partial charge in [-0.1, -0.05) is 0 Å². The third-order valence-corrected chi connectivity index (χ3v) is 2.17. The van der Waals surface area contributed by atoms with E-state index in [2.05, 4.69) is 5.32 Å². The molecule has 0 aromatic rings. The first kappa shape index (κ1) is 11.9. The van der Waals surface area contributed by atoms with Gasteiger partial charge in [-0.05, 0) is 20.3 Å². The summed E-state index contributed by atoms with van der Waals surface area (Å²) >= 11 is 0. The molecule has 1 unspecified atom stereocenters. The van der Waals surface area contributed by atoms with E-state index in [-0.39, 0.29) is 6.10 Å². The Morgan fingerprint density at radius 1 is 1.57 bits per heavy atom. The summed E-state index contributed by atoms with van der Waals surface area (Å²) in [5.74, 6) is 0. The lowest BCUT2D eigenvalue weighted by molar-refractivity contribution is -0.0431. The monoisotopic (exact) mass is 203 g/mol. The molecule has 0 aromatic carbocycles. The highest BCUT2D eigenvalue weighted by Gasteiger charge is 2.15. The molecule has 1 rings (SSSR count). The Kier molecular flexibility index (Phi) is 4.81. The van der Waals surface area contributed by atoms with Crippen LogP contribution in [0.25, 0.3) is 0 Å². The van der Waals surface area contributed by atoms with E-state index >= 15 is 0 Å². The molecule has 84 valence electrons. The lowest BCUT2D eigenvalue weighted by atomic mass is 10.1. The normalized spacial score (nSPS) is 23.8. The van der Waals surface area contributed by atoms with Gasteiger partial charge in [-0.2, -0.15) is 0 Å². The highest BCUT2D eigenvalue weighted by atomic mass is 16.5. The molecule has 0 aliphatic carbocycles. The molecule has 0 bridgehead atoms. The van der Waals surface area contributed by atoms with E-state index < -0.39 is 5.60 Å². The summed E-state index contributed by atoms with van der Waals surface area (Å²) in [5.41, 5.74) is -0.633. The van der Waals surface area contributed by atoms with Crippen LogP contribution in [0.15, 0.2) is 0 Å². The van der Waals surface area contributed by atoms with Crippen LogP contribution >= 0.6 is 0 Å². The van der Waals surface area contributed by atoms with Crippen molar-refractivity contribution in [2.24, 2.45) is 0 Å². The molecule has 4 nitrogen and oxygen atoms in total. The Labute approximate surface area is 85.6 Å². The Morgan fingerprint density at radius 2 is 2.36 bits per heavy atom. The summed E-state index contributed by atoms with van der Waals surface area (Å²) in [7, 11) is 0. The molecular weight excluding hydrogens is 182 g/mol. The van der Waals surface area contributed by atoms with Crippen LogP contribution in [0.5, 0.6) is 0 Å². The summed E-state index contributed by atoms with van der Waals surface area (Å²) in [6, 6.07) is 0. The van der Waals surface area contributed by atoms with Crippen molar-refractivity contribution < 1.29 is 14.6 Å². The fraction of sp³-hybridized carbons (Fsp3) is 1.00. The van der Waals surface area contributed by atoms with Crippen LogP contribution in [-0.2, 0) is 9.47 Å². The van der Waals surface area contributed by atoms with Crippen LogP contribution in [-0.4, -0.2) is 49.7 Å². The van der Waals surface area contributed by atoms with Crippen molar-refractivity contribution in [1.29, 1.82) is 0 Å². The Balaban J connectivity index is 1.97. The summed E-state index contributed by atoms with van der Waals surface area (Å²) < 4.78 is 10.9. The average molecular weight is 203 g/mol. The number of nitrogens with one attached hydrogen (secondary N) is 1. The molecule has 1 aliphatic heterocycles. The van der Waals surface area contributed by atoms with Crippen molar-refractivity contribution in [3.8, 4) is 0 Å². The minimum atomic E-state index is -0.633. The van der Waals surface area contributed by atoms with E-state index in [0.29, 0.717) is 19.6 Å². The highest BCUT2D eigenvalue weighted by Crippen LogP contribution is 2.07. The van der Waals surface area contributed by atoms with Crippen LogP contribution in [0.1, 0.15) is 20.3 Å². The van der Waals surface area contributed by atoms with E-state index in [1.807, 2.05) is 0 Å². The van der Waals surface area contributed by atoms with Gasteiger partial charge in [0.1, 0.15) is 0 Å². The maximum absolute atomic E-state index is 9.43. The first-order chi connectivity index (χ1) is 6.58. The van der Waals surface area contributed by atoms with Crippen LogP contribution in [0.3, 0.4) is 0 Å². The number of hydrogen-bond acceptors (Lipinski definition) is 4. The number of morpholine rings is 1. The minimum Gasteiger partial charge on any atom is -0.390 e. The highest BCUT2D eigenvalue weighted by molar-refractivity contribution is 4.67. The van der Waals surface area contributed by atoms with Gasteiger partial charge in [0.15, 0.2) is 0 Å². The summed E-state index contributed by atoms with van der Waals surface area (Å²) in [5, 5.41) is 12.7. The second kappa shape index (κ2) is 5.66. The molecule has 1 saturated heterocycles. The number of hydrogen-bond donors (Lipinski definition) is 2. The second-order valence-electron chi connectivity index (χ2n) is 4.33. The van der Waals surface area contributed by atoms with Crippen molar-refractivity contribution in [2.45, 2.75) is 32.0 Å². The summed E-state index contributed by atoms with van der Waals surface area (Å²) in [6.07, 6.45) is 0.832. The topological polar surface area (TPSA) is 50.7 Å². The van der Waals surface area contributed by atoms with Gasteiger partial charge in [0.2, 0.25) is 0 Å². The SMILES string of the molecule is CC(C)(O)CCOCC1CNCCO1. The van der Waals surface area contributed by atoms with Crippen molar-refractivity contribution in [3.05, 3.63) is 0 Å². The molecule has 1 aliphatic rings. The third kappa shape index (κ3) is 5.54. The number of aliphatic hydroxyl groups is 1. The zero-order chi connectivity index (χ0) is 10.4. The molecule has 4 heteroatoms. The zero-order valence-electron chi connectivity index (χ0n) is 9.08. The van der Waals surface area contributed by atoms with Gasteiger partial charge >= 0.3 is 0 Å². The van der Waals surface area contributed by atoms with E-state index in [9.17, 15) is 5.11 Å². The largest absolute Gasteiger partial charge is 0.390 e. The molecule has 2 N–H and O–H groups in total. The van der Waals surface area contributed by atoms with Crippen LogP contribution in [0.2, 0.25) is 0 Å². The van der Waals surface area contributed by atoms with Crippen LogP contribution < -0.4 is 5.32 Å². The van der Waals surface area contributed by atoms with Gasteiger partial charge in [-0.25, -0.2) is 0 Å². The standard InChI is InChI=1S/C10H21NO3/c1-10(2,12)3-5-13-8-9-7-11-4-6-14-9/h9,11-12H,3-8H2,1-2H3. The molecule has 0 radical (unpaired) electrons. The summed E-state index contributed by atoms with van der Waals surface area (Å²) in [6.45, 7) is 7.33. The van der Waals surface area contributed by atoms with Crippen molar-refractivity contribution >= 4 is 0 Å². The van der Waals surface area contributed by atoms with Gasteiger partial charge in [-0.3, -0.25) is 0 Å². The number of ether oxygens (including phenoxy) is 2. The second-order valence-corrected chi connectivity index (χ2v) is 4.33. The molecular formula is C10H21NO3. The number of rotatable bonds is 5. The molecule has 0 saturated carbocycles. The lowest BCUT2D eigenvalue weighted by Crippen LogP contribution is -2.41. The molecule has 0 amide bonds. The predicted molar refractivity (Wildman–Crippen MR) is 54.3 cm³/mol. The van der Waals surface area contributed by atoms with E-state index in [1.54, 1.807) is 13.8 Å². The Hall–Kier alpha value is -0.160. The Bertz CT molecular complexity index is 150. The zero-order valence-corrected chi connectivity index (χ0v) is 9.08. The fourth-order valence-corrected chi connectivity index (χ4v) is 1.26. The van der Waals surface area contributed by atoms with Crippen LogP contribution in [0, 0.1) is 0 Å². The van der Waals surface area contributed by atoms with E-state index in [1.165, 1.54) is 0 Å². The van der Waals surface area contributed by atoms with Crippen LogP contribution in [0.4, 0.5) is 0 Å². The first-order valence-electron chi connectivity index (χ1n) is 5.20. The van der Waals surface area contributed by atoms with E-state index in [0.717, 1.165) is 19.7 Å². The molecule has 1 atom stereocenters. The Morgan fingerprint density at radius 3 is 2.93 bits per heavy atom. The maximum Gasteiger partial charge on any atom is 0.0933 e. The molecule has 14 heavy (non-hydrogen) atoms. The minimum absolute atomic E-state index is 0.172. The summed E-state index contributed by atoms with van der Waals surface area (Å²) in [4.78, 5) is 0. The van der Waals surface area contributed by atoms with Crippen molar-refractivity contribution in [1.82, 2.24) is 5.32 Å². The molecule has 0 aromatic heterocycles. The van der Waals surface area contributed by atoms with Crippen molar-refractivity contribution in [3.63, 3.8) is 0 Å². The lowest BCUT2D eigenvalue weighted by Gasteiger charge is -2.24. The average Bonchev–Trinajstić information content (AvgIpc) is 2.13. The van der Waals surface area contributed by atoms with Gasteiger partial charge in [0.25, 0.3) is 0 Å². The predicted octanol–water partition coefficient (Wildman–Crippen LogP) is 0.152. The van der Waals surface area contributed by atoms with Gasteiger partial charge in [0.05, 0.1) is 24.9 Å². The van der Waals surface area contributed by atoms with Gasteiger partial charge in [0, 0.05) is 19.7 Å². The maximum atomic E-state index is 9.43.